The van der Waals surface area contributed by atoms with E-state index in [9.17, 15) is 0 Å². The molecule has 2 heterocycles. The smallest absolute Gasteiger partial charge is 0.240 e. The van der Waals surface area contributed by atoms with E-state index < -0.39 is 0 Å². The molecule has 4 rings (SSSR count). The van der Waals surface area contributed by atoms with Crippen molar-refractivity contribution in [3.05, 3.63) is 69.3 Å². The highest BCUT2D eigenvalue weighted by atomic mass is 127. The minimum atomic E-state index is -0.0769. The summed E-state index contributed by atoms with van der Waals surface area (Å²) in [4.78, 5) is 3.70. The second-order valence-corrected chi connectivity index (χ2v) is 9.19. The first-order valence-electron chi connectivity index (χ1n) is 8.88. The number of halogens is 3. The van der Waals surface area contributed by atoms with Crippen LogP contribution in [0.25, 0.3) is 0 Å². The first kappa shape index (κ1) is 21.8. The summed E-state index contributed by atoms with van der Waals surface area (Å²) in [5, 5.41) is 9.85. The molecular weight excluding hydrogens is 524 g/mol. The van der Waals surface area contributed by atoms with Gasteiger partial charge in [0.15, 0.2) is 5.54 Å². The van der Waals surface area contributed by atoms with Gasteiger partial charge in [-0.3, -0.25) is 0 Å². The number of benzene rings is 2. The van der Waals surface area contributed by atoms with Gasteiger partial charge in [-0.2, -0.15) is 0 Å². The topological polar surface area (TPSA) is 38.0 Å². The van der Waals surface area contributed by atoms with Crippen LogP contribution >= 0.6 is 35.0 Å². The molecule has 0 fully saturated rings. The van der Waals surface area contributed by atoms with Crippen molar-refractivity contribution in [1.82, 2.24) is 0 Å². The molecular formula is C21H22Cl2IN3S. The van der Waals surface area contributed by atoms with Gasteiger partial charge >= 0.3 is 0 Å². The lowest BCUT2D eigenvalue weighted by atomic mass is 9.88. The fourth-order valence-corrected chi connectivity index (χ4v) is 5.10. The molecule has 3 nitrogen and oxygen atoms in total. The van der Waals surface area contributed by atoms with E-state index in [-0.39, 0.29) is 35.6 Å². The van der Waals surface area contributed by atoms with Gasteiger partial charge in [-0.1, -0.05) is 53.2 Å². The Labute approximate surface area is 197 Å². The Kier molecular flexibility index (Phi) is 6.59. The minimum Gasteiger partial charge on any atom is -1.00 e. The van der Waals surface area contributed by atoms with Gasteiger partial charge in [0.2, 0.25) is 5.04 Å². The van der Waals surface area contributed by atoms with E-state index in [1.54, 1.807) is 11.8 Å². The lowest BCUT2D eigenvalue weighted by molar-refractivity contribution is -0.542. The summed E-state index contributed by atoms with van der Waals surface area (Å²) < 4.78 is 0. The zero-order valence-electron chi connectivity index (χ0n) is 15.9. The highest BCUT2D eigenvalue weighted by Crippen LogP contribution is 2.42. The average molecular weight is 546 g/mol. The summed E-state index contributed by atoms with van der Waals surface area (Å²) in [6.45, 7) is 4.45. The van der Waals surface area contributed by atoms with Crippen molar-refractivity contribution in [3.63, 3.8) is 0 Å². The van der Waals surface area contributed by atoms with Crippen LogP contribution in [0.1, 0.15) is 31.9 Å². The molecule has 3 N–H and O–H groups in total. The molecule has 0 radical (unpaired) electrons. The standard InChI is InChI=1S/C21H21Cl2N3S.HI/c1-21(2)11-17-18(20(26-21)27-3)19(13-9-8-12(22)10-14(13)23)25-16-7-5-4-6-15(16)24-17;/h4-10,19,24-25H,11H2,1-3H3;1H. The van der Waals surface area contributed by atoms with Gasteiger partial charge < -0.3 is 34.6 Å². The number of thioether (sulfide) groups is 1. The molecule has 7 heteroatoms. The van der Waals surface area contributed by atoms with Gasteiger partial charge in [0.1, 0.15) is 0 Å². The van der Waals surface area contributed by atoms with E-state index in [1.165, 1.54) is 11.3 Å². The number of anilines is 2. The summed E-state index contributed by atoms with van der Waals surface area (Å²) in [6, 6.07) is 13.9. The molecule has 0 saturated carbocycles. The third-order valence-electron chi connectivity index (χ3n) is 4.92. The van der Waals surface area contributed by atoms with Crippen LogP contribution in [0.3, 0.4) is 0 Å². The van der Waals surface area contributed by atoms with Crippen LogP contribution in [-0.2, 0) is 0 Å². The van der Waals surface area contributed by atoms with E-state index in [2.05, 4.69) is 53.9 Å². The molecule has 2 aromatic carbocycles. The Morgan fingerprint density at radius 2 is 1.82 bits per heavy atom. The highest BCUT2D eigenvalue weighted by molar-refractivity contribution is 8.13. The summed E-state index contributed by atoms with van der Waals surface area (Å²) in [7, 11) is 0. The zero-order valence-corrected chi connectivity index (χ0v) is 20.4. The third kappa shape index (κ3) is 4.18. The fraction of sp³-hybridized carbons (Fsp3) is 0.286. The maximum absolute atomic E-state index is 6.62. The largest absolute Gasteiger partial charge is 1.00 e. The molecule has 0 aliphatic carbocycles. The maximum Gasteiger partial charge on any atom is 0.240 e. The molecule has 1 atom stereocenters. The number of para-hydroxylation sites is 2. The Hall–Kier alpha value is -0.890. The van der Waals surface area contributed by atoms with E-state index in [1.807, 2.05) is 24.3 Å². The van der Waals surface area contributed by atoms with Crippen molar-refractivity contribution in [3.8, 4) is 0 Å². The molecule has 1 unspecified atom stereocenters. The van der Waals surface area contributed by atoms with Crippen LogP contribution in [-0.4, -0.2) is 16.8 Å². The SMILES string of the molecule is CSC1=[NH+]C(C)(C)CC2=C1C(c1ccc(Cl)cc1Cl)Nc1ccccc1N2.[I-]. The van der Waals surface area contributed by atoms with Gasteiger partial charge in [-0.15, -0.1) is 0 Å². The van der Waals surface area contributed by atoms with Crippen LogP contribution < -0.4 is 39.6 Å². The molecule has 2 aliphatic heterocycles. The highest BCUT2D eigenvalue weighted by Gasteiger charge is 2.40. The molecule has 2 aromatic rings. The van der Waals surface area contributed by atoms with Crippen LogP contribution in [0.5, 0.6) is 0 Å². The summed E-state index contributed by atoms with van der Waals surface area (Å²) >= 11 is 14.5. The second kappa shape index (κ2) is 8.46. The Balaban J connectivity index is 0.00000225. The average Bonchev–Trinajstić information content (AvgIpc) is 2.76. The Bertz CT molecular complexity index is 972. The third-order valence-corrected chi connectivity index (χ3v) is 6.21. The molecule has 0 saturated heterocycles. The normalized spacial score (nSPS) is 19.9. The second-order valence-electron chi connectivity index (χ2n) is 7.52. The number of rotatable bonds is 1. The van der Waals surface area contributed by atoms with E-state index >= 15 is 0 Å². The van der Waals surface area contributed by atoms with Crippen molar-refractivity contribution in [2.24, 2.45) is 0 Å². The molecule has 0 bridgehead atoms. The molecule has 0 aromatic heterocycles. The molecule has 0 amide bonds. The van der Waals surface area contributed by atoms with Crippen molar-refractivity contribution >= 4 is 51.4 Å². The van der Waals surface area contributed by atoms with Crippen LogP contribution in [0.2, 0.25) is 10.0 Å². The van der Waals surface area contributed by atoms with E-state index in [0.717, 1.165) is 28.4 Å². The summed E-state index contributed by atoms with van der Waals surface area (Å²) in [5.41, 5.74) is 5.55. The van der Waals surface area contributed by atoms with Crippen molar-refractivity contribution in [2.45, 2.75) is 31.8 Å². The van der Waals surface area contributed by atoms with Crippen molar-refractivity contribution in [2.75, 3.05) is 16.9 Å². The minimum absolute atomic E-state index is 0. The van der Waals surface area contributed by atoms with E-state index in [0.29, 0.717) is 10.0 Å². The molecule has 28 heavy (non-hydrogen) atoms. The number of nitrogens with one attached hydrogen (secondary N) is 3. The molecule has 2 aliphatic rings. The molecule has 0 spiro atoms. The van der Waals surface area contributed by atoms with Crippen LogP contribution in [0.15, 0.2) is 53.7 Å². The summed E-state index contributed by atoms with van der Waals surface area (Å²) in [6.07, 6.45) is 3.00. The lowest BCUT2D eigenvalue weighted by Crippen LogP contribution is -3.00. The number of fused-ring (bicyclic) bond motifs is 1. The predicted molar refractivity (Wildman–Crippen MR) is 118 cm³/mol. The van der Waals surface area contributed by atoms with Crippen LogP contribution in [0, 0.1) is 0 Å². The van der Waals surface area contributed by atoms with Crippen molar-refractivity contribution in [1.29, 1.82) is 0 Å². The predicted octanol–water partition coefficient (Wildman–Crippen LogP) is 1.85. The Morgan fingerprint density at radius 1 is 1.11 bits per heavy atom. The Morgan fingerprint density at radius 3 is 2.50 bits per heavy atom. The lowest BCUT2D eigenvalue weighted by Gasteiger charge is -2.29. The van der Waals surface area contributed by atoms with Crippen LogP contribution in [0.4, 0.5) is 11.4 Å². The first-order chi connectivity index (χ1) is 12.9. The fourth-order valence-electron chi connectivity index (χ4n) is 3.75. The molecule has 148 valence electrons. The summed E-state index contributed by atoms with van der Waals surface area (Å²) in [5.74, 6) is 0. The number of hydrogen-bond donors (Lipinski definition) is 3. The van der Waals surface area contributed by atoms with Gasteiger partial charge in [-0.25, -0.2) is 4.99 Å². The zero-order chi connectivity index (χ0) is 19.2. The van der Waals surface area contributed by atoms with E-state index in [4.69, 9.17) is 23.2 Å². The van der Waals surface area contributed by atoms with Crippen molar-refractivity contribution < 1.29 is 29.0 Å². The monoisotopic (exact) mass is 545 g/mol. The van der Waals surface area contributed by atoms with Gasteiger partial charge in [0, 0.05) is 29.6 Å². The quantitative estimate of drug-likeness (QED) is 0.479. The van der Waals surface area contributed by atoms with Gasteiger partial charge in [0.25, 0.3) is 0 Å². The first-order valence-corrected chi connectivity index (χ1v) is 10.9. The number of hydrogen-bond acceptors (Lipinski definition) is 3. The van der Waals surface area contributed by atoms with Gasteiger partial charge in [0.05, 0.1) is 29.4 Å². The van der Waals surface area contributed by atoms with Gasteiger partial charge in [-0.05, 0) is 36.1 Å². The maximum atomic E-state index is 6.62.